The highest BCUT2D eigenvalue weighted by molar-refractivity contribution is 6.73. The van der Waals surface area contributed by atoms with Gasteiger partial charge in [-0.1, -0.05) is 13.8 Å². The number of hydrogen-bond acceptors (Lipinski definition) is 1. The van der Waals surface area contributed by atoms with E-state index < -0.39 is 8.41 Å². The second-order valence-corrected chi connectivity index (χ2v) is 6.97. The summed E-state index contributed by atoms with van der Waals surface area (Å²) in [6.45, 7) is 4.54. The summed E-state index contributed by atoms with van der Waals surface area (Å²) in [6, 6.07) is 2.27. The van der Waals surface area contributed by atoms with Crippen molar-refractivity contribution in [2.75, 3.05) is 6.54 Å². The van der Waals surface area contributed by atoms with Gasteiger partial charge in [0.05, 0.1) is 0 Å². The zero-order chi connectivity index (χ0) is 8.04. The lowest BCUT2D eigenvalue weighted by atomic mass is 10.5. The molecule has 0 spiro atoms. The van der Waals surface area contributed by atoms with Crippen LogP contribution in [0.2, 0.25) is 18.1 Å². The Morgan fingerprint density at radius 2 is 1.80 bits per heavy atom. The van der Waals surface area contributed by atoms with Gasteiger partial charge in [-0.25, -0.2) is 0 Å². The van der Waals surface area contributed by atoms with Gasteiger partial charge in [-0.3, -0.25) is 0 Å². The van der Waals surface area contributed by atoms with Crippen LogP contribution >= 0.6 is 0 Å². The van der Waals surface area contributed by atoms with Gasteiger partial charge < -0.3 is 9.84 Å². The van der Waals surface area contributed by atoms with E-state index in [0.717, 1.165) is 24.6 Å². The monoisotopic (exact) mass is 163 g/mol. The van der Waals surface area contributed by atoms with E-state index in [9.17, 15) is 4.11 Å². The smallest absolute Gasteiger partial charge is 0.246 e. The summed E-state index contributed by atoms with van der Waals surface area (Å²) < 4.78 is 13.5. The van der Waals surface area contributed by atoms with Gasteiger partial charge in [0.15, 0.2) is 0 Å². The van der Waals surface area contributed by atoms with E-state index in [-0.39, 0.29) is 0 Å². The highest BCUT2D eigenvalue weighted by Gasteiger charge is 2.28. The third kappa shape index (κ3) is 3.32. The molecule has 0 aliphatic carbocycles. The van der Waals surface area contributed by atoms with Gasteiger partial charge in [-0.2, -0.15) is 0 Å². The van der Waals surface area contributed by atoms with Crippen LogP contribution in [0.4, 0.5) is 4.11 Å². The first-order chi connectivity index (χ1) is 4.68. The normalized spacial score (nSPS) is 12.0. The Labute approximate surface area is 64.0 Å². The maximum absolute atomic E-state index is 13.5. The van der Waals surface area contributed by atoms with E-state index >= 15 is 0 Å². The van der Waals surface area contributed by atoms with Crippen LogP contribution < -0.4 is 5.73 Å². The largest absolute Gasteiger partial charge is 0.330 e. The maximum atomic E-state index is 13.5. The van der Waals surface area contributed by atoms with E-state index in [2.05, 4.69) is 0 Å². The van der Waals surface area contributed by atoms with Crippen LogP contribution in [0.25, 0.3) is 0 Å². The Kier molecular flexibility index (Phi) is 4.90. The average Bonchev–Trinajstić information content (AvgIpc) is 2.00. The molecule has 0 unspecified atom stereocenters. The fourth-order valence-electron chi connectivity index (χ4n) is 1.02. The lowest BCUT2D eigenvalue weighted by Gasteiger charge is -2.17. The Bertz CT molecular complexity index is 83.7. The quantitative estimate of drug-likeness (QED) is 0.488. The van der Waals surface area contributed by atoms with Gasteiger partial charge in [0.2, 0.25) is 8.41 Å². The first-order valence-corrected chi connectivity index (χ1v) is 6.57. The van der Waals surface area contributed by atoms with Crippen molar-refractivity contribution in [1.29, 1.82) is 0 Å². The summed E-state index contributed by atoms with van der Waals surface area (Å²) in [4.78, 5) is 0. The van der Waals surface area contributed by atoms with Crippen LogP contribution in [0.1, 0.15) is 20.3 Å². The molecular formula is C7H18FNSi. The van der Waals surface area contributed by atoms with Crippen LogP contribution in [0.5, 0.6) is 0 Å². The second-order valence-electron chi connectivity index (χ2n) is 2.75. The molecule has 62 valence electrons. The van der Waals surface area contributed by atoms with Crippen molar-refractivity contribution < 1.29 is 4.11 Å². The van der Waals surface area contributed by atoms with Crippen LogP contribution in [0.3, 0.4) is 0 Å². The standard InChI is InChI=1S/C7H18FNSi/c1-3-10(8,4-2)7-5-6-9/h3-7,9H2,1-2H3. The zero-order valence-electron chi connectivity index (χ0n) is 6.99. The average molecular weight is 163 g/mol. The minimum Gasteiger partial charge on any atom is -0.330 e. The van der Waals surface area contributed by atoms with Gasteiger partial charge in [0.25, 0.3) is 0 Å². The maximum Gasteiger partial charge on any atom is 0.246 e. The fraction of sp³-hybridized carbons (Fsp3) is 1.00. The number of halogens is 1. The molecule has 0 aromatic rings. The summed E-state index contributed by atoms with van der Waals surface area (Å²) in [5.41, 5.74) is 5.30. The SMILES string of the molecule is CC[Si](F)(CC)CCCN. The molecule has 0 atom stereocenters. The molecule has 0 heterocycles. The summed E-state index contributed by atoms with van der Waals surface area (Å²) in [5, 5.41) is 0. The predicted molar refractivity (Wildman–Crippen MR) is 46.3 cm³/mol. The molecule has 3 heteroatoms. The van der Waals surface area contributed by atoms with E-state index in [4.69, 9.17) is 5.73 Å². The predicted octanol–water partition coefficient (Wildman–Crippen LogP) is 2.29. The highest BCUT2D eigenvalue weighted by atomic mass is 28.4. The van der Waals surface area contributed by atoms with Crippen LogP contribution in [0, 0.1) is 0 Å². The molecule has 2 N–H and O–H groups in total. The number of nitrogens with two attached hydrogens (primary N) is 1. The van der Waals surface area contributed by atoms with Crippen LogP contribution in [-0.2, 0) is 0 Å². The third-order valence-electron chi connectivity index (χ3n) is 2.10. The molecule has 10 heavy (non-hydrogen) atoms. The Morgan fingerprint density at radius 3 is 2.10 bits per heavy atom. The van der Waals surface area contributed by atoms with Gasteiger partial charge >= 0.3 is 0 Å². The summed E-state index contributed by atoms with van der Waals surface area (Å²) in [7, 11) is -2.30. The van der Waals surface area contributed by atoms with Crippen molar-refractivity contribution in [2.45, 2.75) is 38.4 Å². The van der Waals surface area contributed by atoms with Crippen molar-refractivity contribution in [3.63, 3.8) is 0 Å². The lowest BCUT2D eigenvalue weighted by molar-refractivity contribution is 0.727. The number of hydrogen-bond donors (Lipinski definition) is 1. The van der Waals surface area contributed by atoms with Crippen molar-refractivity contribution in [1.82, 2.24) is 0 Å². The Balaban J connectivity index is 3.58. The Morgan fingerprint density at radius 1 is 1.30 bits per heavy atom. The summed E-state index contributed by atoms with van der Waals surface area (Å²) in [6.07, 6.45) is 0.865. The van der Waals surface area contributed by atoms with E-state index in [1.165, 1.54) is 0 Å². The fourth-order valence-corrected chi connectivity index (χ4v) is 3.07. The van der Waals surface area contributed by atoms with E-state index in [0.29, 0.717) is 6.54 Å². The van der Waals surface area contributed by atoms with Crippen molar-refractivity contribution in [3.05, 3.63) is 0 Å². The van der Waals surface area contributed by atoms with Crippen molar-refractivity contribution >= 4 is 8.41 Å². The molecular weight excluding hydrogens is 145 g/mol. The van der Waals surface area contributed by atoms with Gasteiger partial charge in [0, 0.05) is 0 Å². The second kappa shape index (κ2) is 4.85. The van der Waals surface area contributed by atoms with Gasteiger partial charge in [0.1, 0.15) is 0 Å². The van der Waals surface area contributed by atoms with Crippen LogP contribution in [-0.4, -0.2) is 15.0 Å². The molecule has 0 aliphatic rings. The molecule has 0 aliphatic heterocycles. The molecule has 0 radical (unpaired) electrons. The molecule has 0 aromatic heterocycles. The third-order valence-corrected chi connectivity index (χ3v) is 5.88. The molecule has 1 nitrogen and oxygen atoms in total. The van der Waals surface area contributed by atoms with Crippen molar-refractivity contribution in [2.24, 2.45) is 5.73 Å². The first kappa shape index (κ1) is 10.1. The van der Waals surface area contributed by atoms with Gasteiger partial charge in [-0.05, 0) is 31.1 Å². The summed E-state index contributed by atoms with van der Waals surface area (Å²) >= 11 is 0. The highest BCUT2D eigenvalue weighted by Crippen LogP contribution is 2.22. The van der Waals surface area contributed by atoms with Gasteiger partial charge in [-0.15, -0.1) is 0 Å². The first-order valence-electron chi connectivity index (χ1n) is 4.07. The molecule has 0 saturated heterocycles. The topological polar surface area (TPSA) is 26.0 Å². The Hall–Kier alpha value is 0.107. The molecule has 0 rings (SSSR count). The number of rotatable bonds is 5. The molecule has 0 fully saturated rings. The van der Waals surface area contributed by atoms with Crippen LogP contribution in [0.15, 0.2) is 0 Å². The molecule has 0 saturated carbocycles. The molecule has 0 bridgehead atoms. The molecule has 0 amide bonds. The minimum atomic E-state index is -2.30. The minimum absolute atomic E-state index is 0.638. The van der Waals surface area contributed by atoms with E-state index in [1.807, 2.05) is 13.8 Å². The summed E-state index contributed by atoms with van der Waals surface area (Å²) in [5.74, 6) is 0. The van der Waals surface area contributed by atoms with E-state index in [1.54, 1.807) is 0 Å². The lowest BCUT2D eigenvalue weighted by Crippen LogP contribution is -2.26. The van der Waals surface area contributed by atoms with Crippen molar-refractivity contribution in [3.8, 4) is 0 Å². The molecule has 0 aromatic carbocycles. The zero-order valence-corrected chi connectivity index (χ0v) is 7.99.